The van der Waals surface area contributed by atoms with Crippen LogP contribution in [-0.2, 0) is 10.8 Å². The molecule has 0 radical (unpaired) electrons. The Morgan fingerprint density at radius 3 is 1.14 bits per heavy atom. The number of fused-ring (bicyclic) bond motifs is 15. The summed E-state index contributed by atoms with van der Waals surface area (Å²) in [7, 11) is 0. The maximum Gasteiger partial charge on any atom is 0.164 e. The summed E-state index contributed by atoms with van der Waals surface area (Å²) in [5.41, 5.74) is 17.7. The second kappa shape index (κ2) is 13.7. The molecule has 2 aliphatic carbocycles. The van der Waals surface area contributed by atoms with E-state index >= 15 is 0 Å². The summed E-state index contributed by atoms with van der Waals surface area (Å²) < 4.78 is 0. The van der Waals surface area contributed by atoms with E-state index < -0.39 is 10.8 Å². The van der Waals surface area contributed by atoms with Crippen molar-refractivity contribution in [3.63, 3.8) is 0 Å². The molecule has 294 valence electrons. The van der Waals surface area contributed by atoms with Crippen molar-refractivity contribution in [1.29, 1.82) is 0 Å². The highest BCUT2D eigenvalue weighted by atomic mass is 15.2. The highest BCUT2D eigenvalue weighted by molar-refractivity contribution is 5.95. The van der Waals surface area contributed by atoms with Gasteiger partial charge in [-0.25, -0.2) is 15.0 Å². The van der Waals surface area contributed by atoms with Crippen LogP contribution in [-0.4, -0.2) is 15.0 Å². The van der Waals surface area contributed by atoms with Crippen molar-refractivity contribution in [3.05, 3.63) is 275 Å². The van der Waals surface area contributed by atoms with Crippen molar-refractivity contribution in [1.82, 2.24) is 15.0 Å². The zero-order valence-corrected chi connectivity index (χ0v) is 34.2. The predicted molar refractivity (Wildman–Crippen MR) is 254 cm³/mol. The first-order valence-electron chi connectivity index (χ1n) is 21.6. The van der Waals surface area contributed by atoms with Gasteiger partial charge in [-0.15, -0.1) is 0 Å². The molecule has 2 heterocycles. The van der Waals surface area contributed by atoms with Crippen LogP contribution in [0.25, 0.3) is 45.3 Å². The Balaban J connectivity index is 1.14. The van der Waals surface area contributed by atoms with Gasteiger partial charge in [-0.3, -0.25) is 0 Å². The summed E-state index contributed by atoms with van der Waals surface area (Å²) in [4.78, 5) is 17.9. The van der Waals surface area contributed by atoms with Gasteiger partial charge in [-0.05, 0) is 79.9 Å². The number of para-hydroxylation sites is 2. The molecule has 10 aromatic rings. The number of aromatic nitrogens is 3. The van der Waals surface area contributed by atoms with Crippen LogP contribution in [0.15, 0.2) is 231 Å². The summed E-state index contributed by atoms with van der Waals surface area (Å²) in [5, 5.41) is 0. The van der Waals surface area contributed by atoms with Crippen molar-refractivity contribution >= 4 is 17.1 Å². The third kappa shape index (κ3) is 4.89. The van der Waals surface area contributed by atoms with Crippen LogP contribution in [0, 0.1) is 0 Å². The van der Waals surface area contributed by atoms with Gasteiger partial charge in [0.05, 0.1) is 22.2 Å². The van der Waals surface area contributed by atoms with E-state index in [1.807, 2.05) is 36.4 Å². The van der Waals surface area contributed by atoms with Gasteiger partial charge < -0.3 is 4.90 Å². The summed E-state index contributed by atoms with van der Waals surface area (Å²) in [6, 6.07) is 83.7. The fraction of sp³-hybridized carbons (Fsp3) is 0.0339. The Kier molecular flexibility index (Phi) is 7.70. The van der Waals surface area contributed by atoms with E-state index in [1.165, 1.54) is 55.6 Å². The lowest BCUT2D eigenvalue weighted by molar-refractivity contribution is 0.619. The van der Waals surface area contributed by atoms with E-state index in [0.717, 1.165) is 33.8 Å². The molecule has 4 nitrogen and oxygen atoms in total. The van der Waals surface area contributed by atoms with Crippen molar-refractivity contribution in [2.24, 2.45) is 0 Å². The topological polar surface area (TPSA) is 41.9 Å². The van der Waals surface area contributed by atoms with Gasteiger partial charge in [-0.2, -0.15) is 0 Å². The molecule has 63 heavy (non-hydrogen) atoms. The molecule has 0 unspecified atom stereocenters. The van der Waals surface area contributed by atoms with Gasteiger partial charge in [0.15, 0.2) is 17.5 Å². The molecular formula is C59H38N4. The maximum absolute atomic E-state index is 5.22. The van der Waals surface area contributed by atoms with Crippen LogP contribution in [0.1, 0.15) is 44.5 Å². The SMILES string of the molecule is c1ccc(-c2nc(-c3ccccc3)nc(-c3ccc4c(c3)N(c3ccccc3)c3ccccc3C43c4ccccc4C4(c5ccccc5-c5ccccc54)c4ccccc43)n2)cc1. The number of hydrogen-bond donors (Lipinski definition) is 0. The highest BCUT2D eigenvalue weighted by Gasteiger charge is 2.58. The Bertz CT molecular complexity index is 3260. The van der Waals surface area contributed by atoms with E-state index in [1.54, 1.807) is 0 Å². The predicted octanol–water partition coefficient (Wildman–Crippen LogP) is 13.7. The summed E-state index contributed by atoms with van der Waals surface area (Å²) >= 11 is 0. The van der Waals surface area contributed by atoms with Crippen molar-refractivity contribution < 1.29 is 0 Å². The van der Waals surface area contributed by atoms with Crippen molar-refractivity contribution in [3.8, 4) is 45.3 Å². The average molecular weight is 803 g/mol. The normalized spacial score (nSPS) is 14.3. The van der Waals surface area contributed by atoms with Crippen molar-refractivity contribution in [2.45, 2.75) is 10.8 Å². The molecule has 0 bridgehead atoms. The van der Waals surface area contributed by atoms with Gasteiger partial charge in [-0.1, -0.05) is 206 Å². The molecule has 13 rings (SSSR count). The van der Waals surface area contributed by atoms with Gasteiger partial charge in [0.2, 0.25) is 0 Å². The number of rotatable bonds is 4. The molecule has 2 spiro atoms. The maximum atomic E-state index is 5.22. The molecule has 4 heteroatoms. The second-order valence-electron chi connectivity index (χ2n) is 16.6. The lowest BCUT2D eigenvalue weighted by atomic mass is 9.50. The van der Waals surface area contributed by atoms with Gasteiger partial charge in [0.1, 0.15) is 0 Å². The van der Waals surface area contributed by atoms with Crippen LogP contribution in [0.3, 0.4) is 0 Å². The van der Waals surface area contributed by atoms with Crippen LogP contribution in [0.4, 0.5) is 17.1 Å². The van der Waals surface area contributed by atoms with E-state index in [2.05, 4.69) is 199 Å². The van der Waals surface area contributed by atoms with E-state index in [4.69, 9.17) is 15.0 Å². The summed E-state index contributed by atoms with van der Waals surface area (Å²) in [6.07, 6.45) is 0. The highest BCUT2D eigenvalue weighted by Crippen LogP contribution is 2.67. The fourth-order valence-corrected chi connectivity index (χ4v) is 11.2. The molecule has 1 aromatic heterocycles. The Hall–Kier alpha value is -8.21. The van der Waals surface area contributed by atoms with Crippen LogP contribution in [0.5, 0.6) is 0 Å². The minimum Gasteiger partial charge on any atom is -0.310 e. The second-order valence-corrected chi connectivity index (χ2v) is 16.6. The number of nitrogens with zero attached hydrogens (tertiary/aromatic N) is 4. The van der Waals surface area contributed by atoms with Crippen LogP contribution in [0.2, 0.25) is 0 Å². The third-order valence-electron chi connectivity index (χ3n) is 13.6. The van der Waals surface area contributed by atoms with Gasteiger partial charge in [0, 0.05) is 22.4 Å². The molecule has 3 aliphatic rings. The quantitative estimate of drug-likeness (QED) is 0.178. The van der Waals surface area contributed by atoms with Gasteiger partial charge >= 0.3 is 0 Å². The van der Waals surface area contributed by atoms with Gasteiger partial charge in [0.25, 0.3) is 0 Å². The Morgan fingerprint density at radius 2 is 0.635 bits per heavy atom. The minimum atomic E-state index is -0.690. The summed E-state index contributed by atoms with van der Waals surface area (Å²) in [5.74, 6) is 1.89. The van der Waals surface area contributed by atoms with E-state index in [-0.39, 0.29) is 0 Å². The van der Waals surface area contributed by atoms with E-state index in [0.29, 0.717) is 17.5 Å². The first kappa shape index (κ1) is 35.5. The molecule has 0 amide bonds. The number of benzene rings is 9. The number of anilines is 3. The monoisotopic (exact) mass is 802 g/mol. The lowest BCUT2D eigenvalue weighted by Crippen LogP contribution is -2.47. The fourth-order valence-electron chi connectivity index (χ4n) is 11.2. The smallest absolute Gasteiger partial charge is 0.164 e. The molecule has 1 aliphatic heterocycles. The van der Waals surface area contributed by atoms with Crippen LogP contribution < -0.4 is 4.90 Å². The standard InChI is InChI=1S/C59H38N4/c1-4-20-39(21-5-1)55-60-56(40-22-6-2-7-23-40)62-57(61-55)41-36-37-52-54(38-41)63(42-24-8-3-9-25-42)53-35-19-18-34-51(53)59(52)49-32-16-14-30-47(49)58(48-31-15-17-33-50(48)59)45-28-12-10-26-43(45)44-27-11-13-29-46(44)58/h1-38H. The molecule has 0 saturated heterocycles. The zero-order chi connectivity index (χ0) is 41.5. The van der Waals surface area contributed by atoms with Crippen LogP contribution >= 0.6 is 0 Å². The largest absolute Gasteiger partial charge is 0.310 e. The average Bonchev–Trinajstić information content (AvgIpc) is 3.66. The first-order chi connectivity index (χ1) is 31.3. The zero-order valence-electron chi connectivity index (χ0n) is 34.2. The molecule has 0 fully saturated rings. The summed E-state index contributed by atoms with van der Waals surface area (Å²) in [6.45, 7) is 0. The Morgan fingerprint density at radius 1 is 0.270 bits per heavy atom. The van der Waals surface area contributed by atoms with Crippen molar-refractivity contribution in [2.75, 3.05) is 4.90 Å². The molecule has 9 aromatic carbocycles. The lowest BCUT2D eigenvalue weighted by Gasteiger charge is -2.53. The molecule has 0 saturated carbocycles. The number of hydrogen-bond acceptors (Lipinski definition) is 4. The van der Waals surface area contributed by atoms with E-state index in [9.17, 15) is 0 Å². The first-order valence-corrected chi connectivity index (χ1v) is 21.6. The molecule has 0 atom stereocenters. The Labute approximate surface area is 366 Å². The molecular weight excluding hydrogens is 765 g/mol. The molecule has 0 N–H and O–H groups in total. The minimum absolute atomic E-state index is 0.524. The third-order valence-corrected chi connectivity index (χ3v) is 13.6.